The van der Waals surface area contributed by atoms with E-state index in [2.05, 4.69) is 65.1 Å². The lowest BCUT2D eigenvalue weighted by Gasteiger charge is -2.35. The van der Waals surface area contributed by atoms with Crippen LogP contribution in [0.2, 0.25) is 18.1 Å². The van der Waals surface area contributed by atoms with Crippen LogP contribution in [0, 0.1) is 5.92 Å². The molecule has 0 saturated carbocycles. The highest BCUT2D eigenvalue weighted by Gasteiger charge is 2.36. The first-order valence-electron chi connectivity index (χ1n) is 8.97. The van der Waals surface area contributed by atoms with E-state index in [0.29, 0.717) is 12.5 Å². The van der Waals surface area contributed by atoms with Crippen LogP contribution in [0.15, 0.2) is 36.5 Å². The van der Waals surface area contributed by atoms with Gasteiger partial charge in [0.1, 0.15) is 0 Å². The van der Waals surface area contributed by atoms with Crippen molar-refractivity contribution in [2.45, 2.75) is 58.7 Å². The highest BCUT2D eigenvalue weighted by atomic mass is 28.4. The second-order valence-corrected chi connectivity index (χ2v) is 12.7. The molecule has 0 rings (SSSR count). The maximum atomic E-state index is 11.5. The molecule has 0 aliphatic heterocycles. The van der Waals surface area contributed by atoms with Gasteiger partial charge in [0.2, 0.25) is 0 Å². The number of allylic oxidation sites excluding steroid dienone is 4. The first kappa shape index (κ1) is 23.8. The van der Waals surface area contributed by atoms with E-state index in [0.717, 1.165) is 12.8 Å². The molecule has 25 heavy (non-hydrogen) atoms. The first-order valence-corrected chi connectivity index (χ1v) is 11.9. The van der Waals surface area contributed by atoms with Gasteiger partial charge in [0.05, 0.1) is 13.7 Å². The Morgan fingerprint density at radius 2 is 1.84 bits per heavy atom. The normalized spacial score (nSPS) is 14.7. The third-order valence-corrected chi connectivity index (χ3v) is 9.17. The average molecular weight is 368 g/mol. The van der Waals surface area contributed by atoms with Crippen LogP contribution in [0.5, 0.6) is 0 Å². The Hall–Kier alpha value is -1.17. The van der Waals surface area contributed by atoms with Crippen LogP contribution in [-0.4, -0.2) is 40.1 Å². The van der Waals surface area contributed by atoms with Crippen molar-refractivity contribution in [1.82, 2.24) is 5.06 Å². The van der Waals surface area contributed by atoms with E-state index in [9.17, 15) is 4.79 Å². The van der Waals surface area contributed by atoms with Crippen LogP contribution in [0.25, 0.3) is 0 Å². The van der Waals surface area contributed by atoms with Gasteiger partial charge in [-0.2, -0.15) is 0 Å². The van der Waals surface area contributed by atoms with Crippen molar-refractivity contribution >= 4 is 14.2 Å². The molecule has 0 fully saturated rings. The van der Waals surface area contributed by atoms with Crippen molar-refractivity contribution in [3.63, 3.8) is 0 Å². The molecule has 0 heterocycles. The molecule has 0 aromatic carbocycles. The summed E-state index contributed by atoms with van der Waals surface area (Å²) < 4.78 is 6.09. The summed E-state index contributed by atoms with van der Waals surface area (Å²) in [7, 11) is 1.42. The van der Waals surface area contributed by atoms with E-state index in [1.165, 1.54) is 12.2 Å². The van der Waals surface area contributed by atoms with Gasteiger partial charge in [-0.05, 0) is 36.9 Å². The smallest absolute Gasteiger partial charge is 0.269 e. The van der Waals surface area contributed by atoms with Crippen LogP contribution in [-0.2, 0) is 14.1 Å². The number of nitrogens with zero attached hydrogens (tertiary/aromatic N) is 1. The second kappa shape index (κ2) is 11.4. The van der Waals surface area contributed by atoms with Crippen molar-refractivity contribution in [2.75, 3.05) is 20.8 Å². The Bertz CT molecular complexity index is 476. The SMILES string of the molecule is CON(C)C(=O)/C=C/CC[C@H](C)/C=C/C=C/CO[Si](C)(C)C(C)(C)C. The van der Waals surface area contributed by atoms with Crippen molar-refractivity contribution in [3.05, 3.63) is 36.5 Å². The number of rotatable bonds is 10. The van der Waals surface area contributed by atoms with Crippen molar-refractivity contribution < 1.29 is 14.1 Å². The fourth-order valence-electron chi connectivity index (χ4n) is 1.70. The summed E-state index contributed by atoms with van der Waals surface area (Å²) in [6.07, 6.45) is 13.7. The number of carbonyl (C=O) groups excluding carboxylic acids is 1. The molecule has 0 N–H and O–H groups in total. The minimum Gasteiger partial charge on any atom is -0.413 e. The molecule has 0 aromatic heterocycles. The van der Waals surface area contributed by atoms with Gasteiger partial charge in [0, 0.05) is 13.1 Å². The Balaban J connectivity index is 4.06. The van der Waals surface area contributed by atoms with Crippen LogP contribution in [0.1, 0.15) is 40.5 Å². The molecule has 0 bridgehead atoms. The monoisotopic (exact) mass is 367 g/mol. The van der Waals surface area contributed by atoms with Gasteiger partial charge in [-0.3, -0.25) is 9.63 Å². The third kappa shape index (κ3) is 10.4. The Morgan fingerprint density at radius 3 is 2.40 bits per heavy atom. The van der Waals surface area contributed by atoms with Gasteiger partial charge < -0.3 is 4.43 Å². The first-order chi connectivity index (χ1) is 11.5. The molecule has 0 unspecified atom stereocenters. The van der Waals surface area contributed by atoms with Crippen LogP contribution in [0.4, 0.5) is 0 Å². The average Bonchev–Trinajstić information content (AvgIpc) is 2.52. The summed E-state index contributed by atoms with van der Waals surface area (Å²) in [6, 6.07) is 0. The summed E-state index contributed by atoms with van der Waals surface area (Å²) in [4.78, 5) is 16.3. The van der Waals surface area contributed by atoms with Gasteiger partial charge in [0.15, 0.2) is 8.32 Å². The van der Waals surface area contributed by atoms with Gasteiger partial charge >= 0.3 is 0 Å². The van der Waals surface area contributed by atoms with Gasteiger partial charge in [-0.1, -0.05) is 58.1 Å². The van der Waals surface area contributed by atoms with Crippen molar-refractivity contribution in [1.29, 1.82) is 0 Å². The number of hydroxylamine groups is 2. The molecule has 144 valence electrons. The van der Waals surface area contributed by atoms with E-state index < -0.39 is 8.32 Å². The van der Waals surface area contributed by atoms with E-state index in [-0.39, 0.29) is 10.9 Å². The molecular formula is C20H37NO3Si. The molecular weight excluding hydrogens is 330 g/mol. The fraction of sp³-hybridized carbons (Fsp3) is 0.650. The molecule has 1 amide bonds. The number of carbonyl (C=O) groups is 1. The highest BCUT2D eigenvalue weighted by molar-refractivity contribution is 6.74. The highest BCUT2D eigenvalue weighted by Crippen LogP contribution is 2.36. The number of likely N-dealkylation sites (N-methyl/N-ethyl adjacent to an activating group) is 1. The Kier molecular flexibility index (Phi) is 10.9. The fourth-order valence-corrected chi connectivity index (χ4v) is 2.64. The molecule has 5 heteroatoms. The summed E-state index contributed by atoms with van der Waals surface area (Å²) in [6.45, 7) is 14.1. The van der Waals surface area contributed by atoms with E-state index >= 15 is 0 Å². The lowest BCUT2D eigenvalue weighted by atomic mass is 10.0. The van der Waals surface area contributed by atoms with Gasteiger partial charge in [0.25, 0.3) is 5.91 Å². The van der Waals surface area contributed by atoms with Crippen LogP contribution < -0.4 is 0 Å². The maximum Gasteiger partial charge on any atom is 0.269 e. The molecule has 0 radical (unpaired) electrons. The lowest BCUT2D eigenvalue weighted by molar-refractivity contribution is -0.162. The van der Waals surface area contributed by atoms with Gasteiger partial charge in [-0.25, -0.2) is 5.06 Å². The third-order valence-electron chi connectivity index (χ3n) is 4.67. The molecule has 0 saturated heterocycles. The standard InChI is InChI=1S/C20H37NO3Si/c1-18(15-11-12-16-19(22)21(5)23-6)14-10-9-13-17-24-25(7,8)20(2,3)4/h9-10,12-14,16,18H,11,15,17H2,1-8H3/b13-9+,14-10+,16-12+/t18-/m1/s1. The molecule has 0 aliphatic rings. The number of amides is 1. The summed E-state index contributed by atoms with van der Waals surface area (Å²) in [5, 5.41) is 1.45. The molecule has 4 nitrogen and oxygen atoms in total. The predicted octanol–water partition coefficient (Wildman–Crippen LogP) is 5.11. The topological polar surface area (TPSA) is 38.8 Å². The van der Waals surface area contributed by atoms with E-state index in [1.54, 1.807) is 13.1 Å². The zero-order valence-corrected chi connectivity index (χ0v) is 18.3. The summed E-state index contributed by atoms with van der Waals surface area (Å²) in [5.41, 5.74) is 0. The number of hydrogen-bond donors (Lipinski definition) is 0. The molecule has 0 aliphatic carbocycles. The number of hydrogen-bond acceptors (Lipinski definition) is 3. The molecule has 1 atom stereocenters. The Labute approximate surface area is 155 Å². The predicted molar refractivity (Wildman–Crippen MR) is 109 cm³/mol. The minimum absolute atomic E-state index is 0.143. The van der Waals surface area contributed by atoms with Crippen molar-refractivity contribution in [2.24, 2.45) is 5.92 Å². The summed E-state index contributed by atoms with van der Waals surface area (Å²) in [5.74, 6) is 0.321. The minimum atomic E-state index is -1.65. The van der Waals surface area contributed by atoms with E-state index in [1.807, 2.05) is 6.08 Å². The quantitative estimate of drug-likeness (QED) is 0.233. The lowest BCUT2D eigenvalue weighted by Crippen LogP contribution is -2.40. The molecule has 0 aromatic rings. The van der Waals surface area contributed by atoms with E-state index in [4.69, 9.17) is 9.26 Å². The van der Waals surface area contributed by atoms with Crippen molar-refractivity contribution in [3.8, 4) is 0 Å². The second-order valence-electron chi connectivity index (χ2n) is 7.86. The van der Waals surface area contributed by atoms with Crippen LogP contribution >= 0.6 is 0 Å². The zero-order valence-electron chi connectivity index (χ0n) is 17.3. The maximum absolute atomic E-state index is 11.5. The molecule has 0 spiro atoms. The largest absolute Gasteiger partial charge is 0.413 e. The summed E-state index contributed by atoms with van der Waals surface area (Å²) >= 11 is 0. The van der Waals surface area contributed by atoms with Gasteiger partial charge in [-0.15, -0.1) is 0 Å². The Morgan fingerprint density at radius 1 is 1.20 bits per heavy atom. The van der Waals surface area contributed by atoms with Crippen LogP contribution in [0.3, 0.4) is 0 Å². The zero-order chi connectivity index (χ0) is 19.5.